The minimum absolute atomic E-state index is 0.374. The van der Waals surface area contributed by atoms with Crippen LogP contribution in [0.3, 0.4) is 0 Å². The molecule has 3 aromatic rings. The second-order valence-electron chi connectivity index (χ2n) is 6.26. The molecule has 2 heterocycles. The van der Waals surface area contributed by atoms with Crippen LogP contribution in [0.5, 0.6) is 0 Å². The third kappa shape index (κ3) is 3.62. The first-order valence-electron chi connectivity index (χ1n) is 9.05. The summed E-state index contributed by atoms with van der Waals surface area (Å²) in [6.07, 6.45) is 1.76. The van der Waals surface area contributed by atoms with Gasteiger partial charge in [-0.15, -0.1) is 0 Å². The van der Waals surface area contributed by atoms with Crippen LogP contribution in [0.4, 0.5) is 5.69 Å². The lowest BCUT2D eigenvalue weighted by Gasteiger charge is -2.08. The van der Waals surface area contributed by atoms with E-state index in [1.807, 2.05) is 24.5 Å². The van der Waals surface area contributed by atoms with Crippen molar-refractivity contribution in [1.82, 2.24) is 19.1 Å². The quantitative estimate of drug-likeness (QED) is 0.666. The van der Waals surface area contributed by atoms with Gasteiger partial charge in [-0.1, -0.05) is 19.4 Å². The van der Waals surface area contributed by atoms with Crippen molar-refractivity contribution in [2.75, 3.05) is 5.32 Å². The molecule has 3 rings (SSSR count). The molecule has 2 N–H and O–H groups in total. The fourth-order valence-electron chi connectivity index (χ4n) is 3.10. The number of nitriles is 1. The number of anilines is 1. The summed E-state index contributed by atoms with van der Waals surface area (Å²) in [6, 6.07) is 9.26. The maximum atomic E-state index is 12.4. The lowest BCUT2D eigenvalue weighted by atomic mass is 10.2. The molecule has 0 unspecified atom stereocenters. The van der Waals surface area contributed by atoms with Crippen molar-refractivity contribution in [3.05, 3.63) is 56.5 Å². The molecule has 8 heteroatoms. The highest BCUT2D eigenvalue weighted by Crippen LogP contribution is 2.15. The van der Waals surface area contributed by atoms with Gasteiger partial charge in [0.15, 0.2) is 11.2 Å². The fourth-order valence-corrected chi connectivity index (χ4v) is 3.10. The SMILES string of the molecule is CCCCn1c(=O)[nH]c(=O)c2c1nc(CNc1cccc(C#N)c1)n2CC. The van der Waals surface area contributed by atoms with Crippen LogP contribution < -0.4 is 16.6 Å². The molecule has 0 aliphatic heterocycles. The minimum Gasteiger partial charge on any atom is -0.378 e. The van der Waals surface area contributed by atoms with Gasteiger partial charge in [0.25, 0.3) is 5.56 Å². The first kappa shape index (κ1) is 18.5. The Kier molecular flexibility index (Phi) is 5.41. The van der Waals surface area contributed by atoms with Crippen LogP contribution in [0.25, 0.3) is 11.2 Å². The summed E-state index contributed by atoms with van der Waals surface area (Å²) in [7, 11) is 0. The third-order valence-electron chi connectivity index (χ3n) is 4.46. The first-order chi connectivity index (χ1) is 13.1. The molecule has 0 saturated carbocycles. The second kappa shape index (κ2) is 7.91. The van der Waals surface area contributed by atoms with E-state index in [0.717, 1.165) is 18.5 Å². The van der Waals surface area contributed by atoms with E-state index in [4.69, 9.17) is 5.26 Å². The predicted octanol–water partition coefficient (Wildman–Crippen LogP) is 2.19. The molecule has 0 saturated heterocycles. The van der Waals surface area contributed by atoms with Crippen LogP contribution >= 0.6 is 0 Å². The van der Waals surface area contributed by atoms with Crippen LogP contribution in [0.1, 0.15) is 38.1 Å². The standard InChI is InChI=1S/C19H22N6O2/c1-3-5-9-25-17-16(18(26)23-19(25)27)24(4-2)15(22-17)12-21-14-8-6-7-13(10-14)11-20/h6-8,10,21H,3-5,9,12H2,1-2H3,(H,23,26,27). The molecule has 1 aromatic carbocycles. The number of H-pyrrole nitrogens is 1. The highest BCUT2D eigenvalue weighted by molar-refractivity contribution is 5.71. The van der Waals surface area contributed by atoms with Gasteiger partial charge < -0.3 is 9.88 Å². The molecule has 27 heavy (non-hydrogen) atoms. The Morgan fingerprint density at radius 2 is 2.07 bits per heavy atom. The average Bonchev–Trinajstić information content (AvgIpc) is 3.05. The summed E-state index contributed by atoms with van der Waals surface area (Å²) in [5.74, 6) is 0.663. The van der Waals surface area contributed by atoms with Crippen molar-refractivity contribution in [2.45, 2.75) is 46.3 Å². The van der Waals surface area contributed by atoms with E-state index in [-0.39, 0.29) is 0 Å². The number of hydrogen-bond donors (Lipinski definition) is 2. The van der Waals surface area contributed by atoms with E-state index in [2.05, 4.69) is 21.4 Å². The highest BCUT2D eigenvalue weighted by atomic mass is 16.2. The number of fused-ring (bicyclic) bond motifs is 1. The summed E-state index contributed by atoms with van der Waals surface area (Å²) in [6.45, 7) is 5.42. The van der Waals surface area contributed by atoms with E-state index in [0.29, 0.717) is 42.2 Å². The monoisotopic (exact) mass is 366 g/mol. The third-order valence-corrected chi connectivity index (χ3v) is 4.46. The normalized spacial score (nSPS) is 10.9. The van der Waals surface area contributed by atoms with E-state index in [1.54, 1.807) is 18.2 Å². The number of nitrogens with one attached hydrogen (secondary N) is 2. The van der Waals surface area contributed by atoms with Crippen molar-refractivity contribution in [2.24, 2.45) is 0 Å². The molecule has 0 aliphatic carbocycles. The Morgan fingerprint density at radius 1 is 1.26 bits per heavy atom. The number of hydrogen-bond acceptors (Lipinski definition) is 5. The molecular formula is C19H22N6O2. The zero-order valence-corrected chi connectivity index (χ0v) is 15.5. The zero-order valence-electron chi connectivity index (χ0n) is 15.5. The number of imidazole rings is 1. The molecule has 140 valence electrons. The van der Waals surface area contributed by atoms with Crippen molar-refractivity contribution in [3.8, 4) is 6.07 Å². The maximum Gasteiger partial charge on any atom is 0.330 e. The van der Waals surface area contributed by atoms with Gasteiger partial charge in [0.1, 0.15) is 5.82 Å². The average molecular weight is 366 g/mol. The lowest BCUT2D eigenvalue weighted by molar-refractivity contribution is 0.613. The molecule has 2 aromatic heterocycles. The molecule has 8 nitrogen and oxygen atoms in total. The van der Waals surface area contributed by atoms with Gasteiger partial charge in [0, 0.05) is 18.8 Å². The molecule has 0 atom stereocenters. The van der Waals surface area contributed by atoms with E-state index in [9.17, 15) is 9.59 Å². The molecule has 0 fully saturated rings. The zero-order chi connectivity index (χ0) is 19.4. The predicted molar refractivity (Wildman–Crippen MR) is 104 cm³/mol. The number of unbranched alkanes of at least 4 members (excludes halogenated alkanes) is 1. The van der Waals surface area contributed by atoms with E-state index in [1.165, 1.54) is 4.57 Å². The van der Waals surface area contributed by atoms with Crippen LogP contribution in [0.2, 0.25) is 0 Å². The van der Waals surface area contributed by atoms with E-state index >= 15 is 0 Å². The van der Waals surface area contributed by atoms with Gasteiger partial charge in [-0.3, -0.25) is 14.3 Å². The Balaban J connectivity index is 2.02. The number of aromatic nitrogens is 4. The number of rotatable bonds is 7. The van der Waals surface area contributed by atoms with Crippen LogP contribution in [0.15, 0.2) is 33.9 Å². The highest BCUT2D eigenvalue weighted by Gasteiger charge is 2.17. The Labute approximate surface area is 156 Å². The molecule has 0 bridgehead atoms. The molecule has 0 radical (unpaired) electrons. The summed E-state index contributed by atoms with van der Waals surface area (Å²) in [5, 5.41) is 12.3. The van der Waals surface area contributed by atoms with Crippen LogP contribution in [0, 0.1) is 11.3 Å². The van der Waals surface area contributed by atoms with Crippen molar-refractivity contribution in [3.63, 3.8) is 0 Å². The molecular weight excluding hydrogens is 344 g/mol. The van der Waals surface area contributed by atoms with Crippen molar-refractivity contribution in [1.29, 1.82) is 5.26 Å². The molecule has 0 aliphatic rings. The minimum atomic E-state index is -0.428. The topological polar surface area (TPSA) is 108 Å². The number of aryl methyl sites for hydroxylation is 2. The number of nitrogens with zero attached hydrogens (tertiary/aromatic N) is 4. The summed E-state index contributed by atoms with van der Waals surface area (Å²) in [5.41, 5.74) is 1.34. The molecule has 0 spiro atoms. The van der Waals surface area contributed by atoms with Crippen LogP contribution in [-0.2, 0) is 19.6 Å². The van der Waals surface area contributed by atoms with E-state index < -0.39 is 11.2 Å². The van der Waals surface area contributed by atoms with Crippen LogP contribution in [-0.4, -0.2) is 19.1 Å². The van der Waals surface area contributed by atoms with Gasteiger partial charge in [0.2, 0.25) is 0 Å². The fraction of sp³-hybridized carbons (Fsp3) is 0.368. The Bertz CT molecular complexity index is 1120. The van der Waals surface area contributed by atoms with Gasteiger partial charge in [0.05, 0.1) is 18.2 Å². The summed E-state index contributed by atoms with van der Waals surface area (Å²) >= 11 is 0. The maximum absolute atomic E-state index is 12.4. The van der Waals surface area contributed by atoms with Crippen molar-refractivity contribution >= 4 is 16.9 Å². The van der Waals surface area contributed by atoms with Crippen molar-refractivity contribution < 1.29 is 0 Å². The van der Waals surface area contributed by atoms with Gasteiger partial charge in [-0.05, 0) is 31.5 Å². The van der Waals surface area contributed by atoms with Gasteiger partial charge in [-0.2, -0.15) is 5.26 Å². The van der Waals surface area contributed by atoms with Gasteiger partial charge >= 0.3 is 5.69 Å². The summed E-state index contributed by atoms with van der Waals surface area (Å²) < 4.78 is 3.35. The second-order valence-corrected chi connectivity index (χ2v) is 6.26. The van der Waals surface area contributed by atoms with Gasteiger partial charge in [-0.25, -0.2) is 9.78 Å². The smallest absolute Gasteiger partial charge is 0.330 e. The number of aromatic amines is 1. The molecule has 0 amide bonds. The lowest BCUT2D eigenvalue weighted by Crippen LogP contribution is -2.31. The Hall–Kier alpha value is -3.34. The number of benzene rings is 1. The Morgan fingerprint density at radius 3 is 2.78 bits per heavy atom. The summed E-state index contributed by atoms with van der Waals surface area (Å²) in [4.78, 5) is 31.6. The first-order valence-corrected chi connectivity index (χ1v) is 9.05. The largest absolute Gasteiger partial charge is 0.378 e.